The molecule has 1 unspecified atom stereocenters. The molecule has 1 aromatic heterocycles. The topological polar surface area (TPSA) is 60.5 Å². The van der Waals surface area contributed by atoms with E-state index in [1.165, 1.54) is 7.11 Å². The van der Waals surface area contributed by atoms with Crippen LogP contribution in [-0.4, -0.2) is 31.2 Å². The minimum Gasteiger partial charge on any atom is -0.481 e. The first-order valence-electron chi connectivity index (χ1n) is 5.12. The number of ether oxygens (including phenoxy) is 2. The molecule has 0 saturated carbocycles. The van der Waals surface area contributed by atoms with Gasteiger partial charge in [-0.3, -0.25) is 0 Å². The van der Waals surface area contributed by atoms with Crippen molar-refractivity contribution in [2.24, 2.45) is 0 Å². The van der Waals surface area contributed by atoms with Crippen molar-refractivity contribution in [1.82, 2.24) is 4.98 Å². The summed E-state index contributed by atoms with van der Waals surface area (Å²) in [5, 5.41) is 3.11. The molecule has 0 saturated heterocycles. The maximum atomic E-state index is 11.4. The molecule has 2 heterocycles. The van der Waals surface area contributed by atoms with E-state index in [9.17, 15) is 4.79 Å². The van der Waals surface area contributed by atoms with E-state index >= 15 is 0 Å². The van der Waals surface area contributed by atoms with Crippen LogP contribution in [0, 0.1) is 0 Å². The average Bonchev–Trinajstić information content (AvgIpc) is 2.36. The molecule has 1 N–H and O–H groups in total. The van der Waals surface area contributed by atoms with Gasteiger partial charge in [0.2, 0.25) is 5.88 Å². The molecule has 0 bridgehead atoms. The molecule has 0 spiro atoms. The van der Waals surface area contributed by atoms with E-state index in [0.29, 0.717) is 5.88 Å². The van der Waals surface area contributed by atoms with Gasteiger partial charge in [0, 0.05) is 6.07 Å². The number of methoxy groups -OCH3 is 2. The van der Waals surface area contributed by atoms with E-state index in [0.717, 1.165) is 24.1 Å². The lowest BCUT2D eigenvalue weighted by Gasteiger charge is -2.24. The zero-order chi connectivity index (χ0) is 11.5. The molecule has 1 aromatic rings. The number of aromatic nitrogens is 1. The van der Waals surface area contributed by atoms with E-state index < -0.39 is 0 Å². The number of carbonyl (C=O) groups is 1. The van der Waals surface area contributed by atoms with Gasteiger partial charge in [0.1, 0.15) is 6.04 Å². The quantitative estimate of drug-likeness (QED) is 0.756. The van der Waals surface area contributed by atoms with Crippen LogP contribution in [0.5, 0.6) is 5.88 Å². The van der Waals surface area contributed by atoms with Crippen molar-refractivity contribution < 1.29 is 14.3 Å². The number of aryl methyl sites for hydroxylation is 1. The summed E-state index contributed by atoms with van der Waals surface area (Å²) in [4.78, 5) is 15.5. The second kappa shape index (κ2) is 4.38. The SMILES string of the molecule is COC(=O)C1CCc2cc(OC)ncc2N1. The summed E-state index contributed by atoms with van der Waals surface area (Å²) in [6.07, 6.45) is 3.23. The first-order valence-corrected chi connectivity index (χ1v) is 5.12. The molecular formula is C11H14N2O3. The Morgan fingerprint density at radius 3 is 3.06 bits per heavy atom. The number of anilines is 1. The van der Waals surface area contributed by atoms with Gasteiger partial charge in [-0.2, -0.15) is 0 Å². The number of esters is 1. The number of fused-ring (bicyclic) bond motifs is 1. The average molecular weight is 222 g/mol. The van der Waals surface area contributed by atoms with E-state index in [1.54, 1.807) is 13.3 Å². The maximum absolute atomic E-state index is 11.4. The Labute approximate surface area is 93.8 Å². The molecule has 1 aliphatic heterocycles. The fraction of sp³-hybridized carbons (Fsp3) is 0.455. The van der Waals surface area contributed by atoms with Crippen LogP contribution in [0.15, 0.2) is 12.3 Å². The number of pyridine rings is 1. The molecule has 0 amide bonds. The summed E-state index contributed by atoms with van der Waals surface area (Å²) >= 11 is 0. The van der Waals surface area contributed by atoms with Crippen LogP contribution in [0.4, 0.5) is 5.69 Å². The number of hydrogen-bond donors (Lipinski definition) is 1. The highest BCUT2D eigenvalue weighted by Crippen LogP contribution is 2.26. The summed E-state index contributed by atoms with van der Waals surface area (Å²) < 4.78 is 9.75. The Balaban J connectivity index is 2.18. The Kier molecular flexibility index (Phi) is 2.94. The molecule has 1 aliphatic rings. The number of carbonyl (C=O) groups excluding carboxylic acids is 1. The van der Waals surface area contributed by atoms with Crippen LogP contribution in [0.25, 0.3) is 0 Å². The Bertz CT molecular complexity index is 406. The van der Waals surface area contributed by atoms with Gasteiger partial charge >= 0.3 is 5.97 Å². The summed E-state index contributed by atoms with van der Waals surface area (Å²) in [5.41, 5.74) is 1.99. The van der Waals surface area contributed by atoms with Crippen molar-refractivity contribution in [3.63, 3.8) is 0 Å². The Hall–Kier alpha value is -1.78. The van der Waals surface area contributed by atoms with Crippen molar-refractivity contribution in [3.05, 3.63) is 17.8 Å². The van der Waals surface area contributed by atoms with Crippen LogP contribution in [0.2, 0.25) is 0 Å². The number of nitrogens with one attached hydrogen (secondary N) is 1. The minimum absolute atomic E-state index is 0.235. The molecule has 2 rings (SSSR count). The smallest absolute Gasteiger partial charge is 0.328 e. The van der Waals surface area contributed by atoms with Gasteiger partial charge in [-0.05, 0) is 18.4 Å². The molecule has 0 aliphatic carbocycles. The van der Waals surface area contributed by atoms with Gasteiger partial charge in [-0.25, -0.2) is 9.78 Å². The van der Waals surface area contributed by atoms with Gasteiger partial charge in [0.15, 0.2) is 0 Å². The van der Waals surface area contributed by atoms with Crippen LogP contribution < -0.4 is 10.1 Å². The normalized spacial score (nSPS) is 18.2. The zero-order valence-corrected chi connectivity index (χ0v) is 9.32. The molecule has 1 atom stereocenters. The van der Waals surface area contributed by atoms with Crippen LogP contribution in [-0.2, 0) is 16.0 Å². The molecule has 16 heavy (non-hydrogen) atoms. The summed E-state index contributed by atoms with van der Waals surface area (Å²) in [6, 6.07) is 1.61. The molecule has 0 radical (unpaired) electrons. The van der Waals surface area contributed by atoms with E-state index in [2.05, 4.69) is 10.3 Å². The second-order valence-corrected chi connectivity index (χ2v) is 3.64. The fourth-order valence-electron chi connectivity index (χ4n) is 1.80. The predicted octanol–water partition coefficient (Wildman–Crippen LogP) is 0.990. The van der Waals surface area contributed by atoms with E-state index in [1.807, 2.05) is 6.07 Å². The Morgan fingerprint density at radius 2 is 2.38 bits per heavy atom. The van der Waals surface area contributed by atoms with Crippen molar-refractivity contribution in [2.75, 3.05) is 19.5 Å². The maximum Gasteiger partial charge on any atom is 0.328 e. The van der Waals surface area contributed by atoms with Crippen LogP contribution >= 0.6 is 0 Å². The second-order valence-electron chi connectivity index (χ2n) is 3.64. The zero-order valence-electron chi connectivity index (χ0n) is 9.32. The monoisotopic (exact) mass is 222 g/mol. The highest BCUT2D eigenvalue weighted by atomic mass is 16.5. The summed E-state index contributed by atoms with van der Waals surface area (Å²) in [5.74, 6) is 0.360. The number of rotatable bonds is 2. The lowest BCUT2D eigenvalue weighted by atomic mass is 9.99. The number of nitrogens with zero attached hydrogens (tertiary/aromatic N) is 1. The van der Waals surface area contributed by atoms with Gasteiger partial charge < -0.3 is 14.8 Å². The van der Waals surface area contributed by atoms with Crippen molar-refractivity contribution in [2.45, 2.75) is 18.9 Å². The summed E-state index contributed by atoms with van der Waals surface area (Å²) in [6.45, 7) is 0. The molecule has 86 valence electrons. The summed E-state index contributed by atoms with van der Waals surface area (Å²) in [7, 11) is 2.98. The number of hydrogen-bond acceptors (Lipinski definition) is 5. The minimum atomic E-state index is -0.271. The fourth-order valence-corrected chi connectivity index (χ4v) is 1.80. The first-order chi connectivity index (χ1) is 7.74. The van der Waals surface area contributed by atoms with E-state index in [4.69, 9.17) is 9.47 Å². The van der Waals surface area contributed by atoms with Crippen molar-refractivity contribution >= 4 is 11.7 Å². The van der Waals surface area contributed by atoms with Gasteiger partial charge in [-0.1, -0.05) is 0 Å². The van der Waals surface area contributed by atoms with E-state index in [-0.39, 0.29) is 12.0 Å². The standard InChI is InChI=1S/C11H14N2O3/c1-15-10-5-7-3-4-8(11(14)16-2)13-9(7)6-12-10/h5-6,8,13H,3-4H2,1-2H3. The van der Waals surface area contributed by atoms with Crippen molar-refractivity contribution in [1.29, 1.82) is 0 Å². The predicted molar refractivity (Wildman–Crippen MR) is 58.5 cm³/mol. The largest absolute Gasteiger partial charge is 0.481 e. The lowest BCUT2D eigenvalue weighted by Crippen LogP contribution is -2.34. The van der Waals surface area contributed by atoms with Crippen LogP contribution in [0.3, 0.4) is 0 Å². The third kappa shape index (κ3) is 1.93. The highest BCUT2D eigenvalue weighted by molar-refractivity contribution is 5.80. The van der Waals surface area contributed by atoms with Gasteiger partial charge in [0.25, 0.3) is 0 Å². The van der Waals surface area contributed by atoms with Crippen LogP contribution in [0.1, 0.15) is 12.0 Å². The third-order valence-electron chi connectivity index (χ3n) is 2.69. The molecular weight excluding hydrogens is 208 g/mol. The molecule has 5 nitrogen and oxygen atoms in total. The van der Waals surface area contributed by atoms with Gasteiger partial charge in [0.05, 0.1) is 26.1 Å². The molecule has 5 heteroatoms. The van der Waals surface area contributed by atoms with Crippen molar-refractivity contribution in [3.8, 4) is 5.88 Å². The Morgan fingerprint density at radius 1 is 1.56 bits per heavy atom. The van der Waals surface area contributed by atoms with Gasteiger partial charge in [-0.15, -0.1) is 0 Å². The molecule has 0 aromatic carbocycles. The first kappa shape index (κ1) is 10.7. The molecule has 0 fully saturated rings. The highest BCUT2D eigenvalue weighted by Gasteiger charge is 2.24. The third-order valence-corrected chi connectivity index (χ3v) is 2.69. The lowest BCUT2D eigenvalue weighted by molar-refractivity contribution is -0.141.